The highest BCUT2D eigenvalue weighted by Gasteiger charge is 2.27. The topological polar surface area (TPSA) is 48.9 Å². The maximum absolute atomic E-state index is 13.9. The van der Waals surface area contributed by atoms with E-state index in [9.17, 15) is 4.39 Å². The van der Waals surface area contributed by atoms with Crippen LogP contribution in [0.4, 0.5) is 21.5 Å². The fourth-order valence-corrected chi connectivity index (χ4v) is 3.95. The van der Waals surface area contributed by atoms with Gasteiger partial charge >= 0.3 is 0 Å². The van der Waals surface area contributed by atoms with E-state index in [1.807, 2.05) is 0 Å². The highest BCUT2D eigenvalue weighted by atomic mass is 19.1. The predicted molar refractivity (Wildman–Crippen MR) is 116 cm³/mol. The van der Waals surface area contributed by atoms with Crippen LogP contribution in [0.2, 0.25) is 0 Å². The molecule has 2 aromatic carbocycles. The van der Waals surface area contributed by atoms with Crippen LogP contribution in [0.25, 0.3) is 0 Å². The summed E-state index contributed by atoms with van der Waals surface area (Å²) in [6.07, 6.45) is 0.958. The van der Waals surface area contributed by atoms with Crippen molar-refractivity contribution in [3.8, 4) is 0 Å². The van der Waals surface area contributed by atoms with E-state index in [1.54, 1.807) is 13.2 Å². The van der Waals surface area contributed by atoms with Gasteiger partial charge in [0.05, 0.1) is 11.4 Å². The molecule has 0 radical (unpaired) electrons. The smallest absolute Gasteiger partial charge is 0.138 e. The quantitative estimate of drug-likeness (QED) is 0.805. The molecule has 5 nitrogen and oxygen atoms in total. The van der Waals surface area contributed by atoms with Gasteiger partial charge in [-0.15, -0.1) is 0 Å². The van der Waals surface area contributed by atoms with Crippen LogP contribution >= 0.6 is 0 Å². The van der Waals surface area contributed by atoms with Crippen LogP contribution in [0.5, 0.6) is 0 Å². The summed E-state index contributed by atoms with van der Waals surface area (Å²) in [6.45, 7) is 7.76. The Morgan fingerprint density at radius 3 is 2.86 bits per heavy atom. The molecule has 2 heterocycles. The molecule has 4 rings (SSSR count). The second-order valence-electron chi connectivity index (χ2n) is 8.06. The van der Waals surface area contributed by atoms with E-state index in [2.05, 4.69) is 47.6 Å². The number of hydrogen-bond donors (Lipinski definition) is 2. The molecule has 1 atom stereocenters. The van der Waals surface area contributed by atoms with E-state index < -0.39 is 0 Å². The van der Waals surface area contributed by atoms with Gasteiger partial charge in [0.1, 0.15) is 11.7 Å². The van der Waals surface area contributed by atoms with Gasteiger partial charge in [0, 0.05) is 50.6 Å². The molecule has 29 heavy (non-hydrogen) atoms. The average molecular weight is 397 g/mol. The molecule has 2 aromatic rings. The van der Waals surface area contributed by atoms with Crippen LogP contribution in [-0.4, -0.2) is 50.1 Å². The number of nitrogens with zero attached hydrogens (tertiary/aromatic N) is 2. The Balaban J connectivity index is 1.77. The van der Waals surface area contributed by atoms with Gasteiger partial charge in [0.15, 0.2) is 0 Å². The Bertz CT molecular complexity index is 912. The van der Waals surface area contributed by atoms with E-state index in [-0.39, 0.29) is 5.82 Å². The standard InChI is InChI=1S/C23H29FN4O/c1-15(2)16-4-6-20-19(12-16)23(27-21-7-5-17(24)13-22(21)26-20)28-10-9-25-18(14-28)8-11-29-3/h4-7,12-13,15,18,25-26H,8-11,14H2,1-3H3. The van der Waals surface area contributed by atoms with Crippen molar-refractivity contribution in [1.82, 2.24) is 10.2 Å². The molecule has 0 amide bonds. The molecule has 0 spiro atoms. The van der Waals surface area contributed by atoms with Crippen LogP contribution in [0.15, 0.2) is 41.4 Å². The van der Waals surface area contributed by atoms with Crippen molar-refractivity contribution < 1.29 is 9.13 Å². The van der Waals surface area contributed by atoms with E-state index >= 15 is 0 Å². The van der Waals surface area contributed by atoms with Crippen LogP contribution in [0, 0.1) is 5.82 Å². The first-order chi connectivity index (χ1) is 14.0. The summed E-state index contributed by atoms with van der Waals surface area (Å²) < 4.78 is 19.1. The van der Waals surface area contributed by atoms with E-state index in [1.165, 1.54) is 17.7 Å². The lowest BCUT2D eigenvalue weighted by Gasteiger charge is -2.36. The summed E-state index contributed by atoms with van der Waals surface area (Å²) in [4.78, 5) is 7.36. The zero-order chi connectivity index (χ0) is 20.4. The number of ether oxygens (including phenoxy) is 1. The number of benzene rings is 2. The first-order valence-electron chi connectivity index (χ1n) is 10.3. The molecule has 1 unspecified atom stereocenters. The first kappa shape index (κ1) is 19.9. The highest BCUT2D eigenvalue weighted by Crippen LogP contribution is 2.36. The number of rotatable bonds is 4. The summed E-state index contributed by atoms with van der Waals surface area (Å²) in [7, 11) is 1.74. The molecule has 0 saturated carbocycles. The Morgan fingerprint density at radius 1 is 1.21 bits per heavy atom. The number of piperazine rings is 1. The minimum Gasteiger partial charge on any atom is -0.385 e. The number of fused-ring (bicyclic) bond motifs is 2. The van der Waals surface area contributed by atoms with Gasteiger partial charge < -0.3 is 20.3 Å². The maximum Gasteiger partial charge on any atom is 0.138 e. The lowest BCUT2D eigenvalue weighted by molar-refractivity contribution is 0.168. The zero-order valence-corrected chi connectivity index (χ0v) is 17.3. The SMILES string of the molecule is COCCC1CN(C2=Nc3ccc(F)cc3Nc3ccc(C(C)C)cc32)CCN1. The second-order valence-corrected chi connectivity index (χ2v) is 8.06. The average Bonchev–Trinajstić information content (AvgIpc) is 2.88. The molecule has 2 N–H and O–H groups in total. The predicted octanol–water partition coefficient (Wildman–Crippen LogP) is 4.39. The van der Waals surface area contributed by atoms with Gasteiger partial charge in [0.25, 0.3) is 0 Å². The number of hydrogen-bond acceptors (Lipinski definition) is 5. The minimum atomic E-state index is -0.267. The number of halogens is 1. The largest absolute Gasteiger partial charge is 0.385 e. The number of methoxy groups -OCH3 is 1. The maximum atomic E-state index is 13.9. The first-order valence-corrected chi connectivity index (χ1v) is 10.3. The monoisotopic (exact) mass is 396 g/mol. The molecule has 6 heteroatoms. The van der Waals surface area contributed by atoms with Crippen molar-refractivity contribution in [3.05, 3.63) is 53.3 Å². The van der Waals surface area contributed by atoms with Crippen molar-refractivity contribution in [1.29, 1.82) is 0 Å². The zero-order valence-electron chi connectivity index (χ0n) is 17.3. The Kier molecular flexibility index (Phi) is 5.83. The molecule has 1 saturated heterocycles. The molecule has 0 aromatic heterocycles. The fraction of sp³-hybridized carbons (Fsp3) is 0.435. The lowest BCUT2D eigenvalue weighted by atomic mass is 9.98. The van der Waals surface area contributed by atoms with E-state index in [4.69, 9.17) is 9.73 Å². The Morgan fingerprint density at radius 2 is 2.07 bits per heavy atom. The van der Waals surface area contributed by atoms with Crippen molar-refractivity contribution in [2.24, 2.45) is 4.99 Å². The molecule has 2 aliphatic heterocycles. The van der Waals surface area contributed by atoms with Crippen molar-refractivity contribution in [2.45, 2.75) is 32.2 Å². The molecular formula is C23H29FN4O. The summed E-state index contributed by atoms with van der Waals surface area (Å²) >= 11 is 0. The molecule has 1 fully saturated rings. The van der Waals surface area contributed by atoms with Crippen LogP contribution in [0.3, 0.4) is 0 Å². The van der Waals surface area contributed by atoms with Crippen molar-refractivity contribution >= 4 is 22.9 Å². The fourth-order valence-electron chi connectivity index (χ4n) is 3.95. The summed E-state index contributed by atoms with van der Waals surface area (Å²) in [5.41, 5.74) is 4.76. The molecule has 0 aliphatic carbocycles. The van der Waals surface area contributed by atoms with Gasteiger partial charge in [-0.05, 0) is 48.2 Å². The molecular weight excluding hydrogens is 367 g/mol. The van der Waals surface area contributed by atoms with Crippen LogP contribution < -0.4 is 10.6 Å². The Hall–Kier alpha value is -2.44. The highest BCUT2D eigenvalue weighted by molar-refractivity contribution is 6.08. The van der Waals surface area contributed by atoms with Crippen molar-refractivity contribution in [2.75, 3.05) is 38.7 Å². The molecule has 0 bridgehead atoms. The van der Waals surface area contributed by atoms with Crippen LogP contribution in [-0.2, 0) is 4.74 Å². The number of nitrogens with one attached hydrogen (secondary N) is 2. The third-order valence-electron chi connectivity index (χ3n) is 5.63. The van der Waals surface area contributed by atoms with Crippen molar-refractivity contribution in [3.63, 3.8) is 0 Å². The van der Waals surface area contributed by atoms with Crippen LogP contribution in [0.1, 0.15) is 37.3 Å². The normalized spacial score (nSPS) is 18.6. The number of anilines is 2. The van der Waals surface area contributed by atoms with Gasteiger partial charge in [-0.3, -0.25) is 0 Å². The summed E-state index contributed by atoms with van der Waals surface area (Å²) in [6, 6.07) is 11.5. The van der Waals surface area contributed by atoms with E-state index in [0.717, 1.165) is 55.4 Å². The number of aliphatic imine (C=N–C) groups is 1. The third kappa shape index (κ3) is 4.28. The summed E-state index contributed by atoms with van der Waals surface area (Å²) in [5, 5.41) is 6.98. The van der Waals surface area contributed by atoms with Gasteiger partial charge in [-0.1, -0.05) is 19.9 Å². The number of amidine groups is 1. The lowest BCUT2D eigenvalue weighted by Crippen LogP contribution is -2.53. The second kappa shape index (κ2) is 8.51. The molecule has 154 valence electrons. The van der Waals surface area contributed by atoms with E-state index in [0.29, 0.717) is 17.6 Å². The van der Waals surface area contributed by atoms with Gasteiger partial charge in [0.2, 0.25) is 0 Å². The third-order valence-corrected chi connectivity index (χ3v) is 5.63. The summed E-state index contributed by atoms with van der Waals surface area (Å²) in [5.74, 6) is 1.10. The van der Waals surface area contributed by atoms with Gasteiger partial charge in [-0.2, -0.15) is 0 Å². The molecule has 2 aliphatic rings. The van der Waals surface area contributed by atoms with Gasteiger partial charge in [-0.25, -0.2) is 9.38 Å². The minimum absolute atomic E-state index is 0.267. The Labute approximate surface area is 172 Å².